The third-order valence-electron chi connectivity index (χ3n) is 5.84. The predicted molar refractivity (Wildman–Crippen MR) is 137 cm³/mol. The highest BCUT2D eigenvalue weighted by Crippen LogP contribution is 2.33. The number of Topliss-reactive ketones (excluding diaryl/α,β-unsaturated/α-hetero) is 1. The van der Waals surface area contributed by atoms with Crippen molar-refractivity contribution in [1.29, 1.82) is 0 Å². The number of ketones is 1. The average molecular weight is 483 g/mol. The normalized spacial score (nSPS) is 11.7. The Bertz CT molecular complexity index is 1620. The fourth-order valence-electron chi connectivity index (χ4n) is 3.92. The van der Waals surface area contributed by atoms with Crippen molar-refractivity contribution in [2.75, 3.05) is 5.32 Å². The van der Waals surface area contributed by atoms with Gasteiger partial charge in [-0.1, -0.05) is 32.9 Å². The fourth-order valence-corrected chi connectivity index (χ4v) is 3.92. The molecular formula is C28H26N4O4. The molecule has 0 unspecified atom stereocenters. The van der Waals surface area contributed by atoms with Crippen LogP contribution in [0.3, 0.4) is 0 Å². The molecule has 3 aromatic heterocycles. The molecule has 0 bridgehead atoms. The Morgan fingerprint density at radius 3 is 2.47 bits per heavy atom. The number of hydrogen-bond donors (Lipinski definition) is 1. The Morgan fingerprint density at radius 1 is 1.03 bits per heavy atom. The molecule has 8 nitrogen and oxygen atoms in total. The first-order valence-electron chi connectivity index (χ1n) is 11.6. The monoisotopic (exact) mass is 482 g/mol. The van der Waals surface area contributed by atoms with Gasteiger partial charge < -0.3 is 14.5 Å². The molecule has 0 aliphatic carbocycles. The zero-order chi connectivity index (χ0) is 25.6. The molecule has 0 radical (unpaired) electrons. The number of rotatable bonds is 5. The number of fused-ring (bicyclic) bond motifs is 2. The van der Waals surface area contributed by atoms with Crippen molar-refractivity contribution in [2.24, 2.45) is 0 Å². The molecule has 2 aromatic carbocycles. The Kier molecular flexibility index (Phi) is 5.59. The zero-order valence-electron chi connectivity index (χ0n) is 20.7. The van der Waals surface area contributed by atoms with Crippen LogP contribution in [0.4, 0.5) is 5.82 Å². The molecule has 0 spiro atoms. The van der Waals surface area contributed by atoms with E-state index in [1.165, 1.54) is 11.4 Å². The molecule has 8 heteroatoms. The number of aromatic nitrogens is 3. The number of benzene rings is 2. The van der Waals surface area contributed by atoms with Crippen molar-refractivity contribution in [3.63, 3.8) is 0 Å². The first kappa shape index (κ1) is 23.3. The van der Waals surface area contributed by atoms with E-state index in [-0.39, 0.29) is 22.9 Å². The summed E-state index contributed by atoms with van der Waals surface area (Å²) in [5.74, 6) is 0.996. The van der Waals surface area contributed by atoms with Gasteiger partial charge in [-0.15, -0.1) is 5.10 Å². The number of aryl methyl sites for hydroxylation is 1. The number of carbonyl (C=O) groups excluding carboxylic acids is 2. The van der Waals surface area contributed by atoms with Crippen LogP contribution >= 0.6 is 0 Å². The lowest BCUT2D eigenvalue weighted by atomic mass is 9.87. The molecule has 0 atom stereocenters. The number of amides is 1. The summed E-state index contributed by atoms with van der Waals surface area (Å²) < 4.78 is 13.3. The van der Waals surface area contributed by atoms with Gasteiger partial charge in [-0.25, -0.2) is 9.50 Å². The molecule has 0 saturated heterocycles. The van der Waals surface area contributed by atoms with Crippen LogP contribution in [0.2, 0.25) is 0 Å². The Balaban J connectivity index is 1.37. The molecule has 0 fully saturated rings. The summed E-state index contributed by atoms with van der Waals surface area (Å²) in [6, 6.07) is 16.4. The number of furan rings is 1. The first-order valence-corrected chi connectivity index (χ1v) is 11.6. The van der Waals surface area contributed by atoms with Crippen LogP contribution in [0.5, 0.6) is 11.6 Å². The minimum atomic E-state index is -0.253. The minimum absolute atomic E-state index is 0.0128. The van der Waals surface area contributed by atoms with Crippen LogP contribution in [0.1, 0.15) is 59.7 Å². The number of imidazole rings is 1. The summed E-state index contributed by atoms with van der Waals surface area (Å²) in [7, 11) is 0. The van der Waals surface area contributed by atoms with Gasteiger partial charge in [-0.3, -0.25) is 9.59 Å². The molecule has 0 saturated carbocycles. The molecule has 1 amide bonds. The number of anilines is 1. The van der Waals surface area contributed by atoms with Crippen LogP contribution in [0.15, 0.2) is 65.2 Å². The van der Waals surface area contributed by atoms with E-state index >= 15 is 0 Å². The zero-order valence-corrected chi connectivity index (χ0v) is 20.7. The smallest absolute Gasteiger partial charge is 0.256 e. The quantitative estimate of drug-likeness (QED) is 0.294. The fraction of sp³-hybridized carbons (Fsp3) is 0.214. The van der Waals surface area contributed by atoms with Crippen molar-refractivity contribution >= 4 is 34.1 Å². The van der Waals surface area contributed by atoms with Crippen LogP contribution in [0, 0.1) is 6.92 Å². The largest absolute Gasteiger partial charge is 0.449 e. The van der Waals surface area contributed by atoms with Gasteiger partial charge in [-0.2, -0.15) is 0 Å². The molecule has 5 aromatic rings. The number of carbonyl (C=O) groups is 2. The van der Waals surface area contributed by atoms with E-state index in [1.807, 2.05) is 43.3 Å². The predicted octanol–water partition coefficient (Wildman–Crippen LogP) is 6.33. The molecule has 3 heterocycles. The highest BCUT2D eigenvalue weighted by molar-refractivity contribution is 6.04. The molecule has 0 aliphatic heterocycles. The van der Waals surface area contributed by atoms with E-state index in [0.29, 0.717) is 34.2 Å². The van der Waals surface area contributed by atoms with E-state index in [1.54, 1.807) is 24.4 Å². The van der Waals surface area contributed by atoms with Gasteiger partial charge in [0.1, 0.15) is 0 Å². The van der Waals surface area contributed by atoms with Crippen molar-refractivity contribution in [1.82, 2.24) is 14.6 Å². The number of hydrogen-bond acceptors (Lipinski definition) is 6. The number of nitrogens with one attached hydrogen (secondary N) is 1. The van der Waals surface area contributed by atoms with E-state index in [2.05, 4.69) is 36.2 Å². The lowest BCUT2D eigenvalue weighted by molar-refractivity contribution is 0.0987. The lowest BCUT2D eigenvalue weighted by Gasteiger charge is -2.18. The Labute approximate surface area is 207 Å². The van der Waals surface area contributed by atoms with Gasteiger partial charge in [-0.05, 0) is 59.9 Å². The molecule has 36 heavy (non-hydrogen) atoms. The third kappa shape index (κ3) is 4.57. The molecular weight excluding hydrogens is 456 g/mol. The van der Waals surface area contributed by atoms with Crippen molar-refractivity contribution in [3.8, 4) is 11.6 Å². The van der Waals surface area contributed by atoms with Gasteiger partial charge in [0.05, 0.1) is 6.20 Å². The lowest BCUT2D eigenvalue weighted by Crippen LogP contribution is -2.14. The summed E-state index contributed by atoms with van der Waals surface area (Å²) >= 11 is 0. The third-order valence-corrected chi connectivity index (χ3v) is 5.84. The van der Waals surface area contributed by atoms with Crippen LogP contribution in [-0.2, 0) is 5.41 Å². The Hall–Kier alpha value is -4.46. The number of ether oxygens (including phenoxy) is 1. The van der Waals surface area contributed by atoms with Crippen molar-refractivity contribution in [2.45, 2.75) is 40.0 Å². The standard InChI is InChI=1S/C28H26N4O4/c1-16-12-19-14-21(17(2)33)36-26(19)22(13-16)35-25-11-10-24-29-23(15-32(24)31-25)30-27(34)18-6-8-20(9-7-18)28(3,4)5/h6-15H,1-5H3,(H,30,34). The summed E-state index contributed by atoms with van der Waals surface area (Å²) in [6.45, 7) is 9.78. The molecule has 0 aliphatic rings. The summed E-state index contributed by atoms with van der Waals surface area (Å²) in [6.07, 6.45) is 1.62. The van der Waals surface area contributed by atoms with E-state index in [4.69, 9.17) is 9.15 Å². The van der Waals surface area contributed by atoms with Gasteiger partial charge in [0.25, 0.3) is 5.91 Å². The van der Waals surface area contributed by atoms with Crippen molar-refractivity contribution < 1.29 is 18.7 Å². The first-order chi connectivity index (χ1) is 17.1. The minimum Gasteiger partial charge on any atom is -0.449 e. The van der Waals surface area contributed by atoms with E-state index < -0.39 is 0 Å². The van der Waals surface area contributed by atoms with Gasteiger partial charge in [0, 0.05) is 23.9 Å². The topological polar surface area (TPSA) is 98.7 Å². The van der Waals surface area contributed by atoms with E-state index in [9.17, 15) is 9.59 Å². The van der Waals surface area contributed by atoms with Gasteiger partial charge in [0.15, 0.2) is 34.3 Å². The second kappa shape index (κ2) is 8.64. The Morgan fingerprint density at radius 2 is 1.78 bits per heavy atom. The average Bonchev–Trinajstić information content (AvgIpc) is 3.42. The maximum atomic E-state index is 12.7. The van der Waals surface area contributed by atoms with E-state index in [0.717, 1.165) is 16.5 Å². The molecule has 1 N–H and O–H groups in total. The van der Waals surface area contributed by atoms with Crippen molar-refractivity contribution in [3.05, 3.63) is 83.2 Å². The second-order valence-electron chi connectivity index (χ2n) is 9.83. The highest BCUT2D eigenvalue weighted by atomic mass is 16.5. The van der Waals surface area contributed by atoms with Gasteiger partial charge in [0.2, 0.25) is 5.88 Å². The maximum absolute atomic E-state index is 12.7. The van der Waals surface area contributed by atoms with Crippen LogP contribution < -0.4 is 10.1 Å². The molecule has 182 valence electrons. The van der Waals surface area contributed by atoms with Crippen LogP contribution in [-0.4, -0.2) is 26.3 Å². The molecule has 5 rings (SSSR count). The summed E-state index contributed by atoms with van der Waals surface area (Å²) in [5.41, 5.74) is 3.69. The highest BCUT2D eigenvalue weighted by Gasteiger charge is 2.17. The van der Waals surface area contributed by atoms with Crippen LogP contribution in [0.25, 0.3) is 16.6 Å². The summed E-state index contributed by atoms with van der Waals surface area (Å²) in [4.78, 5) is 28.9. The second-order valence-corrected chi connectivity index (χ2v) is 9.83. The van der Waals surface area contributed by atoms with Gasteiger partial charge >= 0.3 is 0 Å². The maximum Gasteiger partial charge on any atom is 0.256 e. The summed E-state index contributed by atoms with van der Waals surface area (Å²) in [5, 5.41) is 8.06. The SMILES string of the molecule is CC(=O)c1cc2cc(C)cc(Oc3ccc4nc(NC(=O)c5ccc(C(C)(C)C)cc5)cn4n3)c2o1. The number of nitrogens with zero attached hydrogens (tertiary/aromatic N) is 3.